The summed E-state index contributed by atoms with van der Waals surface area (Å²) in [7, 11) is 0. The number of rotatable bonds is 5. The molecular formula is C15H27N3. The van der Waals surface area contributed by atoms with Crippen LogP contribution in [0.5, 0.6) is 0 Å². The van der Waals surface area contributed by atoms with Crippen molar-refractivity contribution in [2.75, 3.05) is 6.54 Å². The van der Waals surface area contributed by atoms with Crippen LogP contribution in [-0.2, 0) is 25.7 Å². The van der Waals surface area contributed by atoms with Crippen LogP contribution in [0.4, 0.5) is 0 Å². The molecule has 0 aliphatic heterocycles. The summed E-state index contributed by atoms with van der Waals surface area (Å²) in [5.41, 5.74) is 9.57. The molecule has 0 saturated heterocycles. The summed E-state index contributed by atoms with van der Waals surface area (Å²) in [5.74, 6) is 0.983. The van der Waals surface area contributed by atoms with Crippen molar-refractivity contribution in [1.82, 2.24) is 9.97 Å². The molecule has 0 fully saturated rings. The van der Waals surface area contributed by atoms with E-state index in [9.17, 15) is 0 Å². The molecule has 0 aliphatic carbocycles. The van der Waals surface area contributed by atoms with Crippen LogP contribution in [-0.4, -0.2) is 16.5 Å². The molecule has 1 rings (SSSR count). The summed E-state index contributed by atoms with van der Waals surface area (Å²) in [6, 6.07) is 0. The summed E-state index contributed by atoms with van der Waals surface area (Å²) < 4.78 is 0. The van der Waals surface area contributed by atoms with Gasteiger partial charge in [0, 0.05) is 17.8 Å². The Morgan fingerprint density at radius 2 is 1.50 bits per heavy atom. The highest BCUT2D eigenvalue weighted by atomic mass is 14.9. The average Bonchev–Trinajstić information content (AvgIpc) is 2.28. The molecule has 0 spiro atoms. The predicted octanol–water partition coefficient (Wildman–Crippen LogP) is 2.69. The van der Waals surface area contributed by atoms with Crippen LogP contribution in [0, 0.1) is 5.41 Å². The zero-order valence-electron chi connectivity index (χ0n) is 12.5. The average molecular weight is 249 g/mol. The summed E-state index contributed by atoms with van der Waals surface area (Å²) in [4.78, 5) is 9.47. The van der Waals surface area contributed by atoms with Gasteiger partial charge in [0.25, 0.3) is 0 Å². The van der Waals surface area contributed by atoms with Crippen LogP contribution in [0.3, 0.4) is 0 Å². The SMILES string of the molecule is CCc1nc(CC(C)(C)C)nc(CC)c1CCN. The monoisotopic (exact) mass is 249 g/mol. The third-order valence-corrected chi connectivity index (χ3v) is 2.98. The number of nitrogens with zero attached hydrogens (tertiary/aromatic N) is 2. The Labute approximate surface area is 111 Å². The van der Waals surface area contributed by atoms with Crippen molar-refractivity contribution in [2.24, 2.45) is 11.1 Å². The van der Waals surface area contributed by atoms with E-state index in [1.165, 1.54) is 17.0 Å². The maximum absolute atomic E-state index is 5.69. The third-order valence-electron chi connectivity index (χ3n) is 2.98. The van der Waals surface area contributed by atoms with Gasteiger partial charge in [0.1, 0.15) is 5.82 Å². The van der Waals surface area contributed by atoms with Gasteiger partial charge >= 0.3 is 0 Å². The summed E-state index contributed by atoms with van der Waals surface area (Å²) in [6.45, 7) is 11.7. The lowest BCUT2D eigenvalue weighted by molar-refractivity contribution is 0.399. The van der Waals surface area contributed by atoms with Gasteiger partial charge in [-0.05, 0) is 36.8 Å². The second-order valence-electron chi connectivity index (χ2n) is 5.99. The van der Waals surface area contributed by atoms with Crippen LogP contribution >= 0.6 is 0 Å². The van der Waals surface area contributed by atoms with Gasteiger partial charge in [-0.2, -0.15) is 0 Å². The van der Waals surface area contributed by atoms with Crippen molar-refractivity contribution < 1.29 is 0 Å². The Kier molecular flexibility index (Phi) is 5.27. The zero-order chi connectivity index (χ0) is 13.8. The molecule has 0 radical (unpaired) electrons. The molecule has 0 saturated carbocycles. The van der Waals surface area contributed by atoms with Crippen LogP contribution < -0.4 is 5.73 Å². The van der Waals surface area contributed by atoms with Crippen molar-refractivity contribution >= 4 is 0 Å². The molecule has 0 unspecified atom stereocenters. The van der Waals surface area contributed by atoms with Gasteiger partial charge in [0.2, 0.25) is 0 Å². The van der Waals surface area contributed by atoms with Gasteiger partial charge in [-0.3, -0.25) is 0 Å². The van der Waals surface area contributed by atoms with Crippen LogP contribution in [0.25, 0.3) is 0 Å². The fourth-order valence-electron chi connectivity index (χ4n) is 2.21. The van der Waals surface area contributed by atoms with E-state index in [1.807, 2.05) is 0 Å². The van der Waals surface area contributed by atoms with Crippen molar-refractivity contribution in [2.45, 2.75) is 60.3 Å². The minimum absolute atomic E-state index is 0.228. The summed E-state index contributed by atoms with van der Waals surface area (Å²) >= 11 is 0. The van der Waals surface area contributed by atoms with E-state index in [-0.39, 0.29) is 5.41 Å². The predicted molar refractivity (Wildman–Crippen MR) is 76.7 cm³/mol. The smallest absolute Gasteiger partial charge is 0.129 e. The van der Waals surface area contributed by atoms with Gasteiger partial charge in [-0.1, -0.05) is 34.6 Å². The highest BCUT2D eigenvalue weighted by Gasteiger charge is 2.17. The maximum Gasteiger partial charge on any atom is 0.129 e. The van der Waals surface area contributed by atoms with Crippen LogP contribution in [0.1, 0.15) is 57.4 Å². The van der Waals surface area contributed by atoms with Gasteiger partial charge in [0.05, 0.1) is 0 Å². The van der Waals surface area contributed by atoms with E-state index in [1.54, 1.807) is 0 Å². The number of nitrogens with two attached hydrogens (primary N) is 1. The highest BCUT2D eigenvalue weighted by Crippen LogP contribution is 2.21. The molecule has 1 aromatic rings. The van der Waals surface area contributed by atoms with E-state index >= 15 is 0 Å². The van der Waals surface area contributed by atoms with E-state index in [4.69, 9.17) is 15.7 Å². The minimum atomic E-state index is 0.228. The molecule has 18 heavy (non-hydrogen) atoms. The van der Waals surface area contributed by atoms with Crippen molar-refractivity contribution in [3.63, 3.8) is 0 Å². The molecule has 3 heteroatoms. The summed E-state index contributed by atoms with van der Waals surface area (Å²) in [5, 5.41) is 0. The topological polar surface area (TPSA) is 51.8 Å². The minimum Gasteiger partial charge on any atom is -0.330 e. The molecule has 102 valence electrons. The lowest BCUT2D eigenvalue weighted by atomic mass is 9.91. The largest absolute Gasteiger partial charge is 0.330 e. The number of hydrogen-bond acceptors (Lipinski definition) is 3. The van der Waals surface area contributed by atoms with E-state index in [0.717, 1.165) is 31.5 Å². The fraction of sp³-hybridized carbons (Fsp3) is 0.733. The second-order valence-corrected chi connectivity index (χ2v) is 5.99. The zero-order valence-corrected chi connectivity index (χ0v) is 12.5. The molecule has 0 bridgehead atoms. The first-order valence-corrected chi connectivity index (χ1v) is 6.98. The standard InChI is InChI=1S/C15H27N3/c1-6-12-11(8-9-16)13(7-2)18-14(17-12)10-15(3,4)5/h6-10,16H2,1-5H3. The molecule has 0 atom stereocenters. The lowest BCUT2D eigenvalue weighted by Gasteiger charge is -2.19. The Hall–Kier alpha value is -0.960. The van der Waals surface area contributed by atoms with E-state index < -0.39 is 0 Å². The van der Waals surface area contributed by atoms with Gasteiger partial charge < -0.3 is 5.73 Å². The molecule has 3 nitrogen and oxygen atoms in total. The van der Waals surface area contributed by atoms with Crippen LogP contribution in [0.15, 0.2) is 0 Å². The number of aryl methyl sites for hydroxylation is 2. The Morgan fingerprint density at radius 1 is 1.00 bits per heavy atom. The van der Waals surface area contributed by atoms with E-state index in [2.05, 4.69) is 34.6 Å². The quantitative estimate of drug-likeness (QED) is 0.873. The fourth-order valence-corrected chi connectivity index (χ4v) is 2.21. The lowest BCUT2D eigenvalue weighted by Crippen LogP contribution is -2.17. The van der Waals surface area contributed by atoms with Gasteiger partial charge in [-0.15, -0.1) is 0 Å². The molecule has 0 aliphatic rings. The first-order valence-electron chi connectivity index (χ1n) is 6.98. The Bertz CT molecular complexity index is 366. The molecule has 0 aromatic carbocycles. The molecule has 1 heterocycles. The maximum atomic E-state index is 5.69. The third kappa shape index (κ3) is 4.05. The molecular weight excluding hydrogens is 222 g/mol. The van der Waals surface area contributed by atoms with Crippen LogP contribution in [0.2, 0.25) is 0 Å². The van der Waals surface area contributed by atoms with Gasteiger partial charge in [0.15, 0.2) is 0 Å². The van der Waals surface area contributed by atoms with Crippen molar-refractivity contribution in [3.05, 3.63) is 22.8 Å². The molecule has 2 N–H and O–H groups in total. The number of hydrogen-bond donors (Lipinski definition) is 1. The van der Waals surface area contributed by atoms with E-state index in [0.29, 0.717) is 6.54 Å². The summed E-state index contributed by atoms with van der Waals surface area (Å²) in [6.07, 6.45) is 3.74. The normalized spacial score (nSPS) is 11.9. The molecule has 0 amide bonds. The number of aromatic nitrogens is 2. The van der Waals surface area contributed by atoms with Crippen molar-refractivity contribution in [1.29, 1.82) is 0 Å². The van der Waals surface area contributed by atoms with Gasteiger partial charge in [-0.25, -0.2) is 9.97 Å². The first kappa shape index (κ1) is 15.1. The van der Waals surface area contributed by atoms with Crippen molar-refractivity contribution in [3.8, 4) is 0 Å². The second kappa shape index (κ2) is 6.28. The molecule has 1 aromatic heterocycles. The Morgan fingerprint density at radius 3 is 1.83 bits per heavy atom. The highest BCUT2D eigenvalue weighted by molar-refractivity contribution is 5.27. The first-order chi connectivity index (χ1) is 8.41. The Balaban J connectivity index is 3.17.